The first-order valence-corrected chi connectivity index (χ1v) is 5.13. The van der Waals surface area contributed by atoms with Gasteiger partial charge in [-0.2, -0.15) is 0 Å². The monoisotopic (exact) mass is 243 g/mol. The van der Waals surface area contributed by atoms with Gasteiger partial charge in [0.15, 0.2) is 0 Å². The number of benzene rings is 1. The molecule has 0 amide bonds. The van der Waals surface area contributed by atoms with Crippen LogP contribution in [0.3, 0.4) is 0 Å². The Morgan fingerprint density at radius 2 is 1.92 bits per heavy atom. The Bertz CT molecular complexity index is 260. The van der Waals surface area contributed by atoms with E-state index >= 15 is 0 Å². The quantitative estimate of drug-likeness (QED) is 0.856. The average molecular weight is 244 g/mol. The van der Waals surface area contributed by atoms with Gasteiger partial charge in [-0.25, -0.2) is 0 Å². The van der Waals surface area contributed by atoms with Gasteiger partial charge in [-0.3, -0.25) is 0 Å². The first-order valence-electron chi connectivity index (χ1n) is 4.34. The fourth-order valence-electron chi connectivity index (χ4n) is 1.13. The van der Waals surface area contributed by atoms with Crippen LogP contribution >= 0.6 is 15.9 Å². The molecule has 3 heteroatoms. The molecule has 0 unspecified atom stereocenters. The van der Waals surface area contributed by atoms with Gasteiger partial charge in [-0.15, -0.1) is 0 Å². The van der Waals surface area contributed by atoms with E-state index in [0.29, 0.717) is 0 Å². The van der Waals surface area contributed by atoms with Gasteiger partial charge in [-0.05, 0) is 24.1 Å². The average Bonchev–Trinajstić information content (AvgIpc) is 2.17. The lowest BCUT2D eigenvalue weighted by atomic mass is 10.0. The van der Waals surface area contributed by atoms with E-state index in [9.17, 15) is 5.11 Å². The van der Waals surface area contributed by atoms with Gasteiger partial charge in [0.25, 0.3) is 0 Å². The van der Waals surface area contributed by atoms with Gasteiger partial charge >= 0.3 is 0 Å². The highest BCUT2D eigenvalue weighted by Gasteiger charge is 2.14. The lowest BCUT2D eigenvalue weighted by Crippen LogP contribution is -2.27. The minimum Gasteiger partial charge on any atom is -0.387 e. The summed E-state index contributed by atoms with van der Waals surface area (Å²) >= 11 is 3.34. The zero-order valence-corrected chi connectivity index (χ0v) is 9.16. The molecule has 3 N–H and O–H groups in total. The number of rotatable bonds is 3. The highest BCUT2D eigenvalue weighted by atomic mass is 79.9. The van der Waals surface area contributed by atoms with E-state index in [-0.39, 0.29) is 6.04 Å². The first-order chi connectivity index (χ1) is 6.15. The van der Waals surface area contributed by atoms with Crippen LogP contribution in [0.4, 0.5) is 0 Å². The van der Waals surface area contributed by atoms with Crippen molar-refractivity contribution in [3.05, 3.63) is 34.3 Å². The molecular formula is C10H14BrNO. The van der Waals surface area contributed by atoms with Gasteiger partial charge in [0, 0.05) is 10.5 Å². The molecule has 0 saturated heterocycles. The Morgan fingerprint density at radius 3 is 2.38 bits per heavy atom. The summed E-state index contributed by atoms with van der Waals surface area (Å²) in [6.07, 6.45) is 0.218. The number of aliphatic hydroxyl groups excluding tert-OH is 1. The molecule has 0 saturated carbocycles. The molecule has 1 aromatic rings. The zero-order chi connectivity index (χ0) is 9.84. The molecular weight excluding hydrogens is 230 g/mol. The SMILES string of the molecule is CC[C@@H](N)[C@@H](O)c1ccc(Br)cc1. The van der Waals surface area contributed by atoms with E-state index < -0.39 is 6.10 Å². The summed E-state index contributed by atoms with van der Waals surface area (Å²) in [6, 6.07) is 7.39. The first kappa shape index (κ1) is 10.7. The molecule has 0 bridgehead atoms. The molecule has 2 atom stereocenters. The summed E-state index contributed by atoms with van der Waals surface area (Å²) in [5, 5.41) is 9.74. The van der Waals surface area contributed by atoms with Crippen molar-refractivity contribution in [3.8, 4) is 0 Å². The van der Waals surface area contributed by atoms with Crippen LogP contribution in [0.2, 0.25) is 0 Å². The topological polar surface area (TPSA) is 46.2 Å². The third-order valence-electron chi connectivity index (χ3n) is 2.09. The second kappa shape index (κ2) is 4.74. The molecule has 0 fully saturated rings. The molecule has 0 aliphatic rings. The predicted octanol–water partition coefficient (Wildman–Crippen LogP) is 2.22. The molecule has 0 spiro atoms. The second-order valence-corrected chi connectivity index (χ2v) is 3.98. The molecule has 2 nitrogen and oxygen atoms in total. The van der Waals surface area contributed by atoms with Crippen LogP contribution < -0.4 is 5.73 Å². The second-order valence-electron chi connectivity index (χ2n) is 3.07. The maximum Gasteiger partial charge on any atom is 0.0940 e. The van der Waals surface area contributed by atoms with Crippen molar-refractivity contribution >= 4 is 15.9 Å². The van der Waals surface area contributed by atoms with Crippen LogP contribution in [-0.2, 0) is 0 Å². The number of hydrogen-bond acceptors (Lipinski definition) is 2. The van der Waals surface area contributed by atoms with Crippen LogP contribution in [0.25, 0.3) is 0 Å². The standard InChI is InChI=1S/C10H14BrNO/c1-2-9(12)10(13)7-3-5-8(11)6-4-7/h3-6,9-10,13H,2,12H2,1H3/t9-,10+/m1/s1. The van der Waals surface area contributed by atoms with Gasteiger partial charge < -0.3 is 10.8 Å². The van der Waals surface area contributed by atoms with Crippen LogP contribution in [-0.4, -0.2) is 11.1 Å². The highest BCUT2D eigenvalue weighted by Crippen LogP contribution is 2.19. The molecule has 1 rings (SSSR count). The van der Waals surface area contributed by atoms with Crippen molar-refractivity contribution in [2.45, 2.75) is 25.5 Å². The van der Waals surface area contributed by atoms with Crippen LogP contribution in [0.1, 0.15) is 25.0 Å². The normalized spacial score (nSPS) is 15.4. The Labute approximate surface area is 86.9 Å². The maximum atomic E-state index is 9.74. The number of aliphatic hydroxyl groups is 1. The minimum atomic E-state index is -0.557. The van der Waals surface area contributed by atoms with E-state index in [0.717, 1.165) is 16.5 Å². The molecule has 0 aliphatic heterocycles. The molecule has 0 aromatic heterocycles. The van der Waals surface area contributed by atoms with Crippen molar-refractivity contribution < 1.29 is 5.11 Å². The molecule has 13 heavy (non-hydrogen) atoms. The Morgan fingerprint density at radius 1 is 1.38 bits per heavy atom. The Hall–Kier alpha value is -0.380. The van der Waals surface area contributed by atoms with Crippen molar-refractivity contribution in [1.29, 1.82) is 0 Å². The minimum absolute atomic E-state index is 0.179. The van der Waals surface area contributed by atoms with Gasteiger partial charge in [0.05, 0.1) is 6.10 Å². The third-order valence-corrected chi connectivity index (χ3v) is 2.62. The number of nitrogens with two attached hydrogens (primary N) is 1. The van der Waals surface area contributed by atoms with E-state index in [1.165, 1.54) is 0 Å². The van der Waals surface area contributed by atoms with Gasteiger partial charge in [-0.1, -0.05) is 35.0 Å². The van der Waals surface area contributed by atoms with Gasteiger partial charge in [0.1, 0.15) is 0 Å². The summed E-state index contributed by atoms with van der Waals surface area (Å²) in [6.45, 7) is 1.97. The van der Waals surface area contributed by atoms with Gasteiger partial charge in [0.2, 0.25) is 0 Å². The number of halogens is 1. The van der Waals surface area contributed by atoms with Crippen LogP contribution in [0.5, 0.6) is 0 Å². The summed E-state index contributed by atoms with van der Waals surface area (Å²) in [5.41, 5.74) is 6.60. The van der Waals surface area contributed by atoms with Crippen LogP contribution in [0.15, 0.2) is 28.7 Å². The molecule has 1 aromatic carbocycles. The van der Waals surface area contributed by atoms with Crippen LogP contribution in [0, 0.1) is 0 Å². The fraction of sp³-hybridized carbons (Fsp3) is 0.400. The van der Waals surface area contributed by atoms with E-state index in [1.54, 1.807) is 0 Å². The van der Waals surface area contributed by atoms with Crippen molar-refractivity contribution in [2.24, 2.45) is 5.73 Å². The Balaban J connectivity index is 2.77. The lowest BCUT2D eigenvalue weighted by Gasteiger charge is -2.17. The zero-order valence-electron chi connectivity index (χ0n) is 7.57. The largest absolute Gasteiger partial charge is 0.387 e. The van der Waals surface area contributed by atoms with E-state index in [1.807, 2.05) is 31.2 Å². The highest BCUT2D eigenvalue weighted by molar-refractivity contribution is 9.10. The molecule has 0 aliphatic carbocycles. The summed E-state index contributed by atoms with van der Waals surface area (Å²) in [5.74, 6) is 0. The smallest absolute Gasteiger partial charge is 0.0940 e. The van der Waals surface area contributed by atoms with Crippen molar-refractivity contribution in [3.63, 3.8) is 0 Å². The van der Waals surface area contributed by atoms with E-state index in [4.69, 9.17) is 5.73 Å². The molecule has 0 radical (unpaired) electrons. The third kappa shape index (κ3) is 2.79. The number of hydrogen-bond donors (Lipinski definition) is 2. The summed E-state index contributed by atoms with van der Waals surface area (Å²) in [4.78, 5) is 0. The van der Waals surface area contributed by atoms with Crippen molar-refractivity contribution in [2.75, 3.05) is 0 Å². The summed E-state index contributed by atoms with van der Waals surface area (Å²) < 4.78 is 1.01. The molecule has 72 valence electrons. The Kier molecular flexibility index (Phi) is 3.90. The maximum absolute atomic E-state index is 9.74. The van der Waals surface area contributed by atoms with E-state index in [2.05, 4.69) is 15.9 Å². The lowest BCUT2D eigenvalue weighted by molar-refractivity contribution is 0.144. The summed E-state index contributed by atoms with van der Waals surface area (Å²) in [7, 11) is 0. The predicted molar refractivity (Wildman–Crippen MR) is 57.4 cm³/mol. The van der Waals surface area contributed by atoms with Crippen molar-refractivity contribution in [1.82, 2.24) is 0 Å². The molecule has 0 heterocycles. The fourth-order valence-corrected chi connectivity index (χ4v) is 1.39.